The summed E-state index contributed by atoms with van der Waals surface area (Å²) in [6, 6.07) is 8.09. The van der Waals surface area contributed by atoms with Crippen molar-refractivity contribution in [3.8, 4) is 5.88 Å². The van der Waals surface area contributed by atoms with Gasteiger partial charge in [0.2, 0.25) is 5.88 Å². The first kappa shape index (κ1) is 18.3. The predicted octanol–water partition coefficient (Wildman–Crippen LogP) is 2.96. The van der Waals surface area contributed by atoms with E-state index in [0.29, 0.717) is 12.6 Å². The van der Waals surface area contributed by atoms with Crippen molar-refractivity contribution < 1.29 is 4.74 Å². The SMILES string of the molecule is CN=C(NCCn1cccc1)NCc1ccnc(OC2CCCCC2)c1. The molecule has 26 heavy (non-hydrogen) atoms. The zero-order valence-electron chi connectivity index (χ0n) is 15.5. The Kier molecular flexibility index (Phi) is 6.93. The third kappa shape index (κ3) is 5.79. The number of ether oxygens (including phenoxy) is 1. The van der Waals surface area contributed by atoms with Crippen molar-refractivity contribution in [1.82, 2.24) is 20.2 Å². The second kappa shape index (κ2) is 9.85. The highest BCUT2D eigenvalue weighted by molar-refractivity contribution is 5.79. The third-order valence-corrected chi connectivity index (χ3v) is 4.65. The molecule has 0 bridgehead atoms. The lowest BCUT2D eigenvalue weighted by atomic mass is 9.98. The standard InChI is InChI=1S/C20H29N5O/c1-21-20(23-11-14-25-12-5-6-13-25)24-16-17-9-10-22-19(15-17)26-18-7-3-2-4-8-18/h5-6,9-10,12-13,15,18H,2-4,7-8,11,14,16H2,1H3,(H2,21,23,24). The van der Waals surface area contributed by atoms with Gasteiger partial charge in [-0.1, -0.05) is 6.42 Å². The van der Waals surface area contributed by atoms with Crippen molar-refractivity contribution in [3.63, 3.8) is 0 Å². The van der Waals surface area contributed by atoms with Crippen LogP contribution in [-0.4, -0.2) is 35.2 Å². The molecule has 6 heteroatoms. The van der Waals surface area contributed by atoms with Gasteiger partial charge in [0.1, 0.15) is 6.10 Å². The van der Waals surface area contributed by atoms with Gasteiger partial charge >= 0.3 is 0 Å². The summed E-state index contributed by atoms with van der Waals surface area (Å²) in [5, 5.41) is 6.67. The Hall–Kier alpha value is -2.50. The highest BCUT2D eigenvalue weighted by Crippen LogP contribution is 2.22. The summed E-state index contributed by atoms with van der Waals surface area (Å²) in [4.78, 5) is 8.64. The van der Waals surface area contributed by atoms with E-state index in [-0.39, 0.29) is 0 Å². The quantitative estimate of drug-likeness (QED) is 0.592. The molecule has 0 aromatic carbocycles. The monoisotopic (exact) mass is 355 g/mol. The third-order valence-electron chi connectivity index (χ3n) is 4.65. The summed E-state index contributed by atoms with van der Waals surface area (Å²) in [5.41, 5.74) is 1.14. The first-order chi connectivity index (χ1) is 12.8. The zero-order chi connectivity index (χ0) is 18.0. The second-order valence-corrected chi connectivity index (χ2v) is 6.65. The highest BCUT2D eigenvalue weighted by atomic mass is 16.5. The Bertz CT molecular complexity index is 677. The minimum Gasteiger partial charge on any atom is -0.474 e. The molecule has 3 rings (SSSR count). The molecule has 0 aliphatic heterocycles. The van der Waals surface area contributed by atoms with E-state index in [2.05, 4.69) is 37.6 Å². The van der Waals surface area contributed by atoms with E-state index in [1.165, 1.54) is 19.3 Å². The number of nitrogens with one attached hydrogen (secondary N) is 2. The number of pyridine rings is 1. The van der Waals surface area contributed by atoms with E-state index >= 15 is 0 Å². The molecule has 0 saturated heterocycles. The van der Waals surface area contributed by atoms with Crippen LogP contribution in [0, 0.1) is 0 Å². The number of nitrogens with zero attached hydrogens (tertiary/aromatic N) is 3. The molecule has 2 heterocycles. The number of aromatic nitrogens is 2. The van der Waals surface area contributed by atoms with Gasteiger partial charge in [-0.05, 0) is 49.4 Å². The van der Waals surface area contributed by atoms with Crippen LogP contribution in [-0.2, 0) is 13.1 Å². The molecule has 2 aromatic heterocycles. The first-order valence-corrected chi connectivity index (χ1v) is 9.50. The molecule has 1 aliphatic carbocycles. The molecule has 0 amide bonds. The summed E-state index contributed by atoms with van der Waals surface area (Å²) < 4.78 is 8.18. The summed E-state index contributed by atoms with van der Waals surface area (Å²) in [7, 11) is 1.79. The predicted molar refractivity (Wildman–Crippen MR) is 104 cm³/mol. The lowest BCUT2D eigenvalue weighted by Gasteiger charge is -2.22. The van der Waals surface area contributed by atoms with Gasteiger partial charge in [-0.15, -0.1) is 0 Å². The van der Waals surface area contributed by atoms with E-state index in [4.69, 9.17) is 4.74 Å². The van der Waals surface area contributed by atoms with E-state index in [1.54, 1.807) is 7.05 Å². The molecule has 2 aromatic rings. The van der Waals surface area contributed by atoms with Crippen LogP contribution in [0.15, 0.2) is 47.8 Å². The smallest absolute Gasteiger partial charge is 0.213 e. The lowest BCUT2D eigenvalue weighted by molar-refractivity contribution is 0.148. The van der Waals surface area contributed by atoms with Crippen LogP contribution in [0.25, 0.3) is 0 Å². The molecule has 0 unspecified atom stereocenters. The van der Waals surface area contributed by atoms with Crippen molar-refractivity contribution in [1.29, 1.82) is 0 Å². The first-order valence-electron chi connectivity index (χ1n) is 9.50. The number of aliphatic imine (C=N–C) groups is 1. The molecule has 1 saturated carbocycles. The summed E-state index contributed by atoms with van der Waals surface area (Å²) in [6.07, 6.45) is 12.4. The molecule has 6 nitrogen and oxygen atoms in total. The van der Waals surface area contributed by atoms with Crippen LogP contribution in [0.1, 0.15) is 37.7 Å². The maximum Gasteiger partial charge on any atom is 0.213 e. The van der Waals surface area contributed by atoms with Gasteiger partial charge in [0.05, 0.1) is 0 Å². The van der Waals surface area contributed by atoms with Crippen molar-refractivity contribution in [3.05, 3.63) is 48.4 Å². The Morgan fingerprint density at radius 2 is 2.04 bits per heavy atom. The van der Waals surface area contributed by atoms with Crippen LogP contribution in [0.4, 0.5) is 0 Å². The number of guanidine groups is 1. The van der Waals surface area contributed by atoms with Crippen molar-refractivity contribution in [2.45, 2.75) is 51.3 Å². The minimum atomic E-state index is 0.322. The normalized spacial score (nSPS) is 15.7. The molecule has 0 radical (unpaired) electrons. The number of hydrogen-bond donors (Lipinski definition) is 2. The van der Waals surface area contributed by atoms with Gasteiger partial charge in [-0.2, -0.15) is 0 Å². The molecular weight excluding hydrogens is 326 g/mol. The van der Waals surface area contributed by atoms with Crippen LogP contribution in [0.3, 0.4) is 0 Å². The van der Waals surface area contributed by atoms with Gasteiger partial charge in [0, 0.05) is 51.3 Å². The maximum atomic E-state index is 6.05. The Balaban J connectivity index is 1.44. The van der Waals surface area contributed by atoms with Gasteiger partial charge in [0.25, 0.3) is 0 Å². The van der Waals surface area contributed by atoms with E-state index in [9.17, 15) is 0 Å². The van der Waals surface area contributed by atoms with Gasteiger partial charge < -0.3 is 19.9 Å². The Morgan fingerprint density at radius 3 is 2.81 bits per heavy atom. The fourth-order valence-electron chi connectivity index (χ4n) is 3.21. The van der Waals surface area contributed by atoms with E-state index in [0.717, 1.165) is 43.3 Å². The summed E-state index contributed by atoms with van der Waals surface area (Å²) >= 11 is 0. The van der Waals surface area contributed by atoms with Gasteiger partial charge in [-0.3, -0.25) is 4.99 Å². The average Bonchev–Trinajstić information content (AvgIpc) is 3.19. The summed E-state index contributed by atoms with van der Waals surface area (Å²) in [5.74, 6) is 1.52. The molecule has 1 aliphatic rings. The number of rotatable bonds is 7. The molecule has 0 spiro atoms. The van der Waals surface area contributed by atoms with Crippen molar-refractivity contribution in [2.24, 2.45) is 4.99 Å². The molecule has 140 valence electrons. The van der Waals surface area contributed by atoms with Crippen molar-refractivity contribution in [2.75, 3.05) is 13.6 Å². The Labute approximate surface area is 155 Å². The van der Waals surface area contributed by atoms with Gasteiger partial charge in [-0.25, -0.2) is 4.98 Å². The topological polar surface area (TPSA) is 63.5 Å². The fourth-order valence-corrected chi connectivity index (χ4v) is 3.21. The van der Waals surface area contributed by atoms with Crippen LogP contribution in [0.2, 0.25) is 0 Å². The highest BCUT2D eigenvalue weighted by Gasteiger charge is 2.15. The van der Waals surface area contributed by atoms with Crippen molar-refractivity contribution >= 4 is 5.96 Å². The van der Waals surface area contributed by atoms with E-state index < -0.39 is 0 Å². The molecule has 1 fully saturated rings. The van der Waals surface area contributed by atoms with Crippen LogP contribution in [0.5, 0.6) is 5.88 Å². The molecular formula is C20H29N5O. The lowest BCUT2D eigenvalue weighted by Crippen LogP contribution is -2.38. The number of hydrogen-bond acceptors (Lipinski definition) is 3. The largest absolute Gasteiger partial charge is 0.474 e. The average molecular weight is 355 g/mol. The fraction of sp³-hybridized carbons (Fsp3) is 0.500. The minimum absolute atomic E-state index is 0.322. The van der Waals surface area contributed by atoms with Crippen LogP contribution >= 0.6 is 0 Å². The Morgan fingerprint density at radius 1 is 1.23 bits per heavy atom. The second-order valence-electron chi connectivity index (χ2n) is 6.65. The maximum absolute atomic E-state index is 6.05. The van der Waals surface area contributed by atoms with E-state index in [1.807, 2.05) is 30.5 Å². The molecule has 2 N–H and O–H groups in total. The summed E-state index contributed by atoms with van der Waals surface area (Å²) in [6.45, 7) is 2.41. The van der Waals surface area contributed by atoms with Crippen LogP contribution < -0.4 is 15.4 Å². The zero-order valence-corrected chi connectivity index (χ0v) is 15.5. The molecule has 0 atom stereocenters. The van der Waals surface area contributed by atoms with Gasteiger partial charge in [0.15, 0.2) is 5.96 Å².